The molecule has 0 aromatic carbocycles. The van der Waals surface area contributed by atoms with E-state index in [1.54, 1.807) is 23.1 Å². The fourth-order valence-corrected chi connectivity index (χ4v) is 0.992. The highest BCUT2D eigenvalue weighted by molar-refractivity contribution is 5.50. The summed E-state index contributed by atoms with van der Waals surface area (Å²) in [6.07, 6.45) is 4.91. The monoisotopic (exact) mass is 175 g/mol. The van der Waals surface area contributed by atoms with Gasteiger partial charge >= 0.3 is 0 Å². The molecule has 0 spiro atoms. The van der Waals surface area contributed by atoms with Crippen molar-refractivity contribution in [2.24, 2.45) is 7.05 Å². The summed E-state index contributed by atoms with van der Waals surface area (Å²) in [6.45, 7) is 0. The third-order valence-electron chi connectivity index (χ3n) is 1.66. The molecule has 2 aromatic rings. The number of nitrogens with zero attached hydrogens (tertiary/aromatic N) is 4. The van der Waals surface area contributed by atoms with Crippen LogP contribution in [0.4, 0.5) is 11.6 Å². The normalized spacial score (nSPS) is 9.92. The van der Waals surface area contributed by atoms with Gasteiger partial charge < -0.3 is 5.32 Å². The Morgan fingerprint density at radius 3 is 2.85 bits per heavy atom. The number of hydrogen-bond acceptors (Lipinski definition) is 4. The minimum Gasteiger partial charge on any atom is -0.325 e. The van der Waals surface area contributed by atoms with Crippen molar-refractivity contribution in [2.45, 2.75) is 0 Å². The maximum absolute atomic E-state index is 4.03. The molecule has 0 unspecified atom stereocenters. The first-order chi connectivity index (χ1) is 6.36. The summed E-state index contributed by atoms with van der Waals surface area (Å²) in [4.78, 5) is 7.85. The molecule has 0 fully saturated rings. The zero-order valence-corrected chi connectivity index (χ0v) is 7.18. The van der Waals surface area contributed by atoms with E-state index in [2.05, 4.69) is 20.4 Å². The van der Waals surface area contributed by atoms with Gasteiger partial charge in [-0.2, -0.15) is 5.10 Å². The number of rotatable bonds is 2. The van der Waals surface area contributed by atoms with Gasteiger partial charge in [0.25, 0.3) is 0 Å². The number of aromatic nitrogens is 4. The molecular weight excluding hydrogens is 166 g/mol. The molecule has 0 aliphatic rings. The predicted molar refractivity (Wildman–Crippen MR) is 48.5 cm³/mol. The van der Waals surface area contributed by atoms with E-state index in [1.165, 1.54) is 6.33 Å². The van der Waals surface area contributed by atoms with E-state index in [4.69, 9.17) is 0 Å². The van der Waals surface area contributed by atoms with Gasteiger partial charge in [-0.3, -0.25) is 4.68 Å². The molecule has 1 N–H and O–H groups in total. The van der Waals surface area contributed by atoms with Gasteiger partial charge in [0.2, 0.25) is 0 Å². The van der Waals surface area contributed by atoms with Crippen LogP contribution < -0.4 is 5.32 Å². The largest absolute Gasteiger partial charge is 0.325 e. The molecular formula is C8H9N5. The van der Waals surface area contributed by atoms with Crippen molar-refractivity contribution in [3.05, 3.63) is 30.9 Å². The molecule has 0 radical (unpaired) electrons. The van der Waals surface area contributed by atoms with E-state index in [0.717, 1.165) is 11.6 Å². The summed E-state index contributed by atoms with van der Waals surface area (Å²) in [5, 5.41) is 7.13. The Kier molecular flexibility index (Phi) is 1.91. The molecule has 0 amide bonds. The third-order valence-corrected chi connectivity index (χ3v) is 1.66. The summed E-state index contributed by atoms with van der Waals surface area (Å²) >= 11 is 0. The van der Waals surface area contributed by atoms with Crippen molar-refractivity contribution in [2.75, 3.05) is 5.32 Å². The van der Waals surface area contributed by atoms with Gasteiger partial charge in [-0.1, -0.05) is 0 Å². The highest BCUT2D eigenvalue weighted by Gasteiger charge is 1.97. The lowest BCUT2D eigenvalue weighted by Gasteiger charge is -2.03. The van der Waals surface area contributed by atoms with Gasteiger partial charge in [0, 0.05) is 19.3 Å². The number of anilines is 2. The molecule has 2 rings (SSSR count). The first-order valence-electron chi connectivity index (χ1n) is 3.87. The lowest BCUT2D eigenvalue weighted by atomic mass is 10.5. The van der Waals surface area contributed by atoms with Crippen LogP contribution in [0.15, 0.2) is 30.9 Å². The van der Waals surface area contributed by atoms with Gasteiger partial charge in [0.15, 0.2) is 0 Å². The van der Waals surface area contributed by atoms with Gasteiger partial charge in [-0.25, -0.2) is 9.97 Å². The first-order valence-corrected chi connectivity index (χ1v) is 3.87. The molecule has 5 nitrogen and oxygen atoms in total. The SMILES string of the molecule is Cn1nccc1Nc1ccncn1. The van der Waals surface area contributed by atoms with Crippen LogP contribution in [-0.2, 0) is 7.05 Å². The number of hydrogen-bond donors (Lipinski definition) is 1. The summed E-state index contributed by atoms with van der Waals surface area (Å²) in [6, 6.07) is 3.68. The molecule has 0 saturated carbocycles. The second kappa shape index (κ2) is 3.22. The van der Waals surface area contributed by atoms with E-state index >= 15 is 0 Å². The Balaban J connectivity index is 2.20. The molecule has 0 aliphatic carbocycles. The van der Waals surface area contributed by atoms with Crippen LogP contribution in [0, 0.1) is 0 Å². The van der Waals surface area contributed by atoms with Crippen LogP contribution in [-0.4, -0.2) is 19.7 Å². The van der Waals surface area contributed by atoms with E-state index < -0.39 is 0 Å². The van der Waals surface area contributed by atoms with Crippen LogP contribution in [0.25, 0.3) is 0 Å². The smallest absolute Gasteiger partial charge is 0.134 e. The lowest BCUT2D eigenvalue weighted by Crippen LogP contribution is -2.00. The summed E-state index contributed by atoms with van der Waals surface area (Å²) in [7, 11) is 1.86. The van der Waals surface area contributed by atoms with Gasteiger partial charge in [-0.05, 0) is 6.07 Å². The average molecular weight is 175 g/mol. The zero-order chi connectivity index (χ0) is 9.10. The van der Waals surface area contributed by atoms with Crippen molar-refractivity contribution in [3.63, 3.8) is 0 Å². The second-order valence-corrected chi connectivity index (χ2v) is 2.56. The standard InChI is InChI=1S/C8H9N5/c1-13-8(3-5-11-13)12-7-2-4-9-6-10-7/h2-6H,1H3,(H,9,10,12). The van der Waals surface area contributed by atoms with Crippen molar-refractivity contribution < 1.29 is 0 Å². The van der Waals surface area contributed by atoms with Crippen LogP contribution >= 0.6 is 0 Å². The van der Waals surface area contributed by atoms with Gasteiger partial charge in [0.05, 0.1) is 6.20 Å². The molecule has 13 heavy (non-hydrogen) atoms. The first kappa shape index (κ1) is 7.72. The number of aryl methyl sites for hydroxylation is 1. The van der Waals surface area contributed by atoms with Gasteiger partial charge in [-0.15, -0.1) is 0 Å². The molecule has 0 aliphatic heterocycles. The zero-order valence-electron chi connectivity index (χ0n) is 7.18. The molecule has 2 aromatic heterocycles. The van der Waals surface area contributed by atoms with Crippen LogP contribution in [0.5, 0.6) is 0 Å². The van der Waals surface area contributed by atoms with E-state index in [-0.39, 0.29) is 0 Å². The Morgan fingerprint density at radius 1 is 1.31 bits per heavy atom. The van der Waals surface area contributed by atoms with Crippen LogP contribution in [0.1, 0.15) is 0 Å². The molecule has 0 bridgehead atoms. The summed E-state index contributed by atoms with van der Waals surface area (Å²) < 4.78 is 1.74. The fraction of sp³-hybridized carbons (Fsp3) is 0.125. The highest BCUT2D eigenvalue weighted by Crippen LogP contribution is 2.10. The second-order valence-electron chi connectivity index (χ2n) is 2.56. The van der Waals surface area contributed by atoms with E-state index in [0.29, 0.717) is 0 Å². The Labute approximate surface area is 75.4 Å². The Bertz CT molecular complexity index is 380. The third kappa shape index (κ3) is 1.64. The van der Waals surface area contributed by atoms with Crippen molar-refractivity contribution >= 4 is 11.6 Å². The topological polar surface area (TPSA) is 55.6 Å². The number of nitrogens with one attached hydrogen (secondary N) is 1. The van der Waals surface area contributed by atoms with Crippen molar-refractivity contribution in [3.8, 4) is 0 Å². The van der Waals surface area contributed by atoms with E-state index in [9.17, 15) is 0 Å². The van der Waals surface area contributed by atoms with E-state index in [1.807, 2.05) is 13.1 Å². The minimum absolute atomic E-state index is 0.763. The summed E-state index contributed by atoms with van der Waals surface area (Å²) in [5.74, 6) is 1.66. The predicted octanol–water partition coefficient (Wildman–Crippen LogP) is 0.954. The Hall–Kier alpha value is -1.91. The van der Waals surface area contributed by atoms with Gasteiger partial charge in [0.1, 0.15) is 18.0 Å². The molecule has 5 heteroatoms. The quantitative estimate of drug-likeness (QED) is 0.738. The van der Waals surface area contributed by atoms with Crippen molar-refractivity contribution in [1.82, 2.24) is 19.7 Å². The molecule has 2 heterocycles. The maximum atomic E-state index is 4.03. The molecule has 66 valence electrons. The summed E-state index contributed by atoms with van der Waals surface area (Å²) in [5.41, 5.74) is 0. The van der Waals surface area contributed by atoms with Crippen molar-refractivity contribution in [1.29, 1.82) is 0 Å². The van der Waals surface area contributed by atoms with Crippen LogP contribution in [0.3, 0.4) is 0 Å². The lowest BCUT2D eigenvalue weighted by molar-refractivity contribution is 0.776. The maximum Gasteiger partial charge on any atom is 0.134 e. The Morgan fingerprint density at radius 2 is 2.23 bits per heavy atom. The molecule has 0 saturated heterocycles. The average Bonchev–Trinajstić information content (AvgIpc) is 2.54. The molecule has 0 atom stereocenters. The highest BCUT2D eigenvalue weighted by atomic mass is 15.3. The minimum atomic E-state index is 0.763. The van der Waals surface area contributed by atoms with Crippen LogP contribution in [0.2, 0.25) is 0 Å². The fourth-order valence-electron chi connectivity index (χ4n) is 0.992.